The van der Waals surface area contributed by atoms with Crippen LogP contribution in [0.25, 0.3) is 5.82 Å². The lowest BCUT2D eigenvalue weighted by molar-refractivity contribution is 0.0696. The molecule has 6 nitrogen and oxygen atoms in total. The third kappa shape index (κ3) is 1.92. The molecule has 0 aromatic carbocycles. The van der Waals surface area contributed by atoms with Crippen molar-refractivity contribution < 1.29 is 14.7 Å². The van der Waals surface area contributed by atoms with E-state index in [1.165, 1.54) is 17.1 Å². The molecule has 1 N–H and O–H groups in total. The Labute approximate surface area is 96.5 Å². The van der Waals surface area contributed by atoms with Crippen molar-refractivity contribution >= 4 is 12.3 Å². The summed E-state index contributed by atoms with van der Waals surface area (Å²) in [6.07, 6.45) is 3.51. The van der Waals surface area contributed by atoms with Gasteiger partial charge in [-0.1, -0.05) is 0 Å². The number of hydrogen-bond acceptors (Lipinski definition) is 4. The van der Waals surface area contributed by atoms with Gasteiger partial charge in [-0.3, -0.25) is 4.79 Å². The molecule has 0 unspecified atom stereocenters. The highest BCUT2D eigenvalue weighted by molar-refractivity contribution is 5.88. The number of carbonyl (C=O) groups is 2. The smallest absolute Gasteiger partial charge is 0.339 e. The molecule has 17 heavy (non-hydrogen) atoms. The van der Waals surface area contributed by atoms with Crippen molar-refractivity contribution in [2.24, 2.45) is 0 Å². The Bertz CT molecular complexity index is 589. The molecule has 0 aliphatic carbocycles. The predicted molar refractivity (Wildman–Crippen MR) is 58.4 cm³/mol. The summed E-state index contributed by atoms with van der Waals surface area (Å²) in [6, 6.07) is 3.22. The zero-order valence-electron chi connectivity index (χ0n) is 8.99. The molecule has 2 aromatic rings. The van der Waals surface area contributed by atoms with Crippen molar-refractivity contribution in [1.29, 1.82) is 0 Å². The summed E-state index contributed by atoms with van der Waals surface area (Å²) in [5.41, 5.74) is 0.819. The largest absolute Gasteiger partial charge is 0.478 e. The number of aldehydes is 1. The molecule has 2 heterocycles. The van der Waals surface area contributed by atoms with Crippen molar-refractivity contribution in [2.75, 3.05) is 0 Å². The van der Waals surface area contributed by atoms with Crippen LogP contribution < -0.4 is 0 Å². The number of aryl methyl sites for hydroxylation is 1. The fourth-order valence-electron chi connectivity index (χ4n) is 1.47. The van der Waals surface area contributed by atoms with Crippen LogP contribution in [0.1, 0.15) is 26.4 Å². The van der Waals surface area contributed by atoms with Crippen LogP contribution in [0.3, 0.4) is 0 Å². The molecule has 0 aliphatic heterocycles. The SMILES string of the molecule is Cc1nn(-c2ncccc2C=O)cc1C(=O)O. The second kappa shape index (κ2) is 4.17. The minimum atomic E-state index is -1.06. The molecule has 0 aliphatic rings. The Morgan fingerprint density at radius 3 is 2.88 bits per heavy atom. The summed E-state index contributed by atoms with van der Waals surface area (Å²) < 4.78 is 1.29. The molecule has 6 heteroatoms. The molecule has 86 valence electrons. The highest BCUT2D eigenvalue weighted by atomic mass is 16.4. The molecule has 2 rings (SSSR count). The lowest BCUT2D eigenvalue weighted by atomic mass is 10.2. The van der Waals surface area contributed by atoms with Crippen LogP contribution in [-0.2, 0) is 0 Å². The maximum absolute atomic E-state index is 10.9. The van der Waals surface area contributed by atoms with E-state index in [1.54, 1.807) is 19.1 Å². The van der Waals surface area contributed by atoms with Crippen molar-refractivity contribution in [3.05, 3.63) is 41.3 Å². The minimum absolute atomic E-state index is 0.0903. The number of aromatic carboxylic acids is 1. The zero-order chi connectivity index (χ0) is 12.4. The number of nitrogens with zero attached hydrogens (tertiary/aromatic N) is 3. The van der Waals surface area contributed by atoms with Crippen molar-refractivity contribution in [3.63, 3.8) is 0 Å². The minimum Gasteiger partial charge on any atom is -0.478 e. The standard InChI is InChI=1S/C11H9N3O3/c1-7-9(11(16)17)5-14(13-7)10-8(6-15)3-2-4-12-10/h2-6H,1H3,(H,16,17). The maximum atomic E-state index is 10.9. The molecule has 0 fully saturated rings. The van der Waals surface area contributed by atoms with Crippen LogP contribution >= 0.6 is 0 Å². The summed E-state index contributed by atoms with van der Waals surface area (Å²) in [4.78, 5) is 25.7. The lowest BCUT2D eigenvalue weighted by Gasteiger charge is -2.01. The van der Waals surface area contributed by atoms with Crippen LogP contribution in [0.4, 0.5) is 0 Å². The van der Waals surface area contributed by atoms with Crippen molar-refractivity contribution in [1.82, 2.24) is 14.8 Å². The monoisotopic (exact) mass is 231 g/mol. The average molecular weight is 231 g/mol. The Balaban J connectivity index is 2.57. The summed E-state index contributed by atoms with van der Waals surface area (Å²) in [6.45, 7) is 1.59. The average Bonchev–Trinajstić information content (AvgIpc) is 2.71. The number of aromatic nitrogens is 3. The lowest BCUT2D eigenvalue weighted by Crippen LogP contribution is -2.02. The molecule has 0 atom stereocenters. The number of carbonyl (C=O) groups excluding carboxylic acids is 1. The van der Waals surface area contributed by atoms with E-state index in [-0.39, 0.29) is 5.56 Å². The third-order valence-corrected chi connectivity index (χ3v) is 2.29. The Morgan fingerprint density at radius 2 is 2.29 bits per heavy atom. The third-order valence-electron chi connectivity index (χ3n) is 2.29. The first-order valence-electron chi connectivity index (χ1n) is 4.83. The molecule has 0 bridgehead atoms. The molecular weight excluding hydrogens is 222 g/mol. The summed E-state index contributed by atoms with van der Waals surface area (Å²) in [5, 5.41) is 12.9. The summed E-state index contributed by atoms with van der Waals surface area (Å²) >= 11 is 0. The van der Waals surface area contributed by atoms with Gasteiger partial charge in [0, 0.05) is 12.4 Å². The molecule has 0 saturated carbocycles. The number of carboxylic acid groups (broad SMARTS) is 1. The van der Waals surface area contributed by atoms with Gasteiger partial charge in [0.25, 0.3) is 0 Å². The fraction of sp³-hybridized carbons (Fsp3) is 0.0909. The zero-order valence-corrected chi connectivity index (χ0v) is 8.99. The highest BCUT2D eigenvalue weighted by Crippen LogP contribution is 2.12. The summed E-state index contributed by atoms with van der Waals surface area (Å²) in [5.74, 6) is -0.740. The van der Waals surface area contributed by atoms with Gasteiger partial charge in [0.2, 0.25) is 0 Å². The predicted octanol–water partition coefficient (Wildman–Crippen LogP) is 1.09. The molecule has 0 spiro atoms. The number of pyridine rings is 1. The molecule has 0 saturated heterocycles. The normalized spacial score (nSPS) is 10.2. The van der Waals surface area contributed by atoms with Crippen molar-refractivity contribution in [3.8, 4) is 5.82 Å². The van der Waals surface area contributed by atoms with Gasteiger partial charge in [-0.2, -0.15) is 5.10 Å². The van der Waals surface area contributed by atoms with E-state index in [0.29, 0.717) is 23.4 Å². The van der Waals surface area contributed by atoms with Gasteiger partial charge in [0.1, 0.15) is 5.56 Å². The molecule has 0 radical (unpaired) electrons. The van der Waals surface area contributed by atoms with Gasteiger partial charge in [-0.25, -0.2) is 14.5 Å². The van der Waals surface area contributed by atoms with E-state index >= 15 is 0 Å². The number of rotatable bonds is 3. The maximum Gasteiger partial charge on any atom is 0.339 e. The van der Waals surface area contributed by atoms with Gasteiger partial charge < -0.3 is 5.11 Å². The van der Waals surface area contributed by atoms with Crippen LogP contribution in [0.2, 0.25) is 0 Å². The van der Waals surface area contributed by atoms with Gasteiger partial charge in [0.05, 0.1) is 11.3 Å². The second-order valence-electron chi connectivity index (χ2n) is 3.41. The van der Waals surface area contributed by atoms with Crippen LogP contribution in [0.15, 0.2) is 24.5 Å². The van der Waals surface area contributed by atoms with Crippen LogP contribution in [-0.4, -0.2) is 32.1 Å². The van der Waals surface area contributed by atoms with Crippen molar-refractivity contribution in [2.45, 2.75) is 6.92 Å². The second-order valence-corrected chi connectivity index (χ2v) is 3.41. The van der Waals surface area contributed by atoms with Gasteiger partial charge in [-0.05, 0) is 19.1 Å². The van der Waals surface area contributed by atoms with Gasteiger partial charge in [-0.15, -0.1) is 0 Å². The Kier molecular flexibility index (Phi) is 2.70. The Morgan fingerprint density at radius 1 is 1.53 bits per heavy atom. The molecule has 2 aromatic heterocycles. The van der Waals surface area contributed by atoms with E-state index in [0.717, 1.165) is 0 Å². The quantitative estimate of drug-likeness (QED) is 0.799. The highest BCUT2D eigenvalue weighted by Gasteiger charge is 2.14. The fourth-order valence-corrected chi connectivity index (χ4v) is 1.47. The summed E-state index contributed by atoms with van der Waals surface area (Å²) in [7, 11) is 0. The molecular formula is C11H9N3O3. The first-order chi connectivity index (χ1) is 8.13. The number of carboxylic acids is 1. The van der Waals surface area contributed by atoms with E-state index in [4.69, 9.17) is 5.11 Å². The van der Waals surface area contributed by atoms with Gasteiger partial charge in [0.15, 0.2) is 12.1 Å². The van der Waals surface area contributed by atoms with Crippen LogP contribution in [0.5, 0.6) is 0 Å². The van der Waals surface area contributed by atoms with E-state index in [9.17, 15) is 9.59 Å². The van der Waals surface area contributed by atoms with E-state index in [1.807, 2.05) is 0 Å². The number of hydrogen-bond donors (Lipinski definition) is 1. The van der Waals surface area contributed by atoms with Gasteiger partial charge >= 0.3 is 5.97 Å². The first-order valence-corrected chi connectivity index (χ1v) is 4.83. The Hall–Kier alpha value is -2.50. The first kappa shape index (κ1) is 11.0. The van der Waals surface area contributed by atoms with E-state index in [2.05, 4.69) is 10.1 Å². The van der Waals surface area contributed by atoms with Crippen LogP contribution in [0, 0.1) is 6.92 Å². The topological polar surface area (TPSA) is 85.1 Å². The molecule has 0 amide bonds. The van der Waals surface area contributed by atoms with E-state index < -0.39 is 5.97 Å².